The molecule has 1 amide bonds. The Bertz CT molecular complexity index is 664. The summed E-state index contributed by atoms with van der Waals surface area (Å²) in [5, 5.41) is 6.00. The molecule has 1 saturated carbocycles. The highest BCUT2D eigenvalue weighted by molar-refractivity contribution is 7.89. The fraction of sp³-hybridized carbons (Fsp3) is 0.562. The van der Waals surface area contributed by atoms with Crippen molar-refractivity contribution in [2.45, 2.75) is 24.7 Å². The molecule has 1 aliphatic carbocycles. The minimum absolute atomic E-state index is 0.0287. The Morgan fingerprint density at radius 3 is 2.43 bits per heavy atom. The van der Waals surface area contributed by atoms with Gasteiger partial charge in [-0.1, -0.05) is 6.92 Å². The average molecular weight is 337 g/mol. The van der Waals surface area contributed by atoms with Crippen LogP contribution in [0.15, 0.2) is 29.2 Å². The normalized spacial score (nSPS) is 19.9. The van der Waals surface area contributed by atoms with Gasteiger partial charge in [0.05, 0.1) is 4.90 Å². The maximum absolute atomic E-state index is 12.1. The van der Waals surface area contributed by atoms with Gasteiger partial charge >= 0.3 is 0 Å². The number of hydrogen-bond acceptors (Lipinski definition) is 4. The summed E-state index contributed by atoms with van der Waals surface area (Å²) in [6.45, 7) is 4.17. The van der Waals surface area contributed by atoms with Crippen LogP contribution in [0.2, 0.25) is 0 Å². The van der Waals surface area contributed by atoms with Gasteiger partial charge in [0, 0.05) is 18.2 Å². The Labute approximate surface area is 137 Å². The van der Waals surface area contributed by atoms with Crippen LogP contribution in [0.3, 0.4) is 0 Å². The molecule has 1 heterocycles. The van der Waals surface area contributed by atoms with Gasteiger partial charge in [0.1, 0.15) is 0 Å². The SMILES string of the molecule is CC(C(=O)Nc1ccc(S(=O)(=O)NCC2CC2)cc1)C1CNC1. The molecule has 1 unspecified atom stereocenters. The van der Waals surface area contributed by atoms with Gasteiger partial charge < -0.3 is 10.6 Å². The van der Waals surface area contributed by atoms with Gasteiger partial charge in [-0.25, -0.2) is 13.1 Å². The molecule has 0 radical (unpaired) electrons. The summed E-state index contributed by atoms with van der Waals surface area (Å²) in [6.07, 6.45) is 2.20. The van der Waals surface area contributed by atoms with Crippen LogP contribution in [0.4, 0.5) is 5.69 Å². The third-order valence-corrected chi connectivity index (χ3v) is 6.06. The number of amides is 1. The molecular formula is C16H23N3O3S. The average Bonchev–Trinajstić information content (AvgIpc) is 3.28. The minimum atomic E-state index is -3.46. The summed E-state index contributed by atoms with van der Waals surface area (Å²) >= 11 is 0. The number of hydrogen-bond donors (Lipinski definition) is 3. The zero-order chi connectivity index (χ0) is 16.4. The standard InChI is InChI=1S/C16H23N3O3S/c1-11(13-9-17-10-13)16(20)19-14-4-6-15(7-5-14)23(21,22)18-8-12-2-3-12/h4-7,11-13,17-18H,2-3,8-10H2,1H3,(H,19,20). The van der Waals surface area contributed by atoms with Gasteiger partial charge in [0.25, 0.3) is 0 Å². The van der Waals surface area contributed by atoms with Crippen molar-refractivity contribution in [3.05, 3.63) is 24.3 Å². The number of benzene rings is 1. The van der Waals surface area contributed by atoms with Crippen molar-refractivity contribution in [1.82, 2.24) is 10.0 Å². The summed E-state index contributed by atoms with van der Waals surface area (Å²) in [6, 6.07) is 6.32. The first-order chi connectivity index (χ1) is 11.0. The van der Waals surface area contributed by atoms with Crippen LogP contribution in [0.25, 0.3) is 0 Å². The van der Waals surface area contributed by atoms with E-state index in [0.717, 1.165) is 25.9 Å². The van der Waals surface area contributed by atoms with Crippen molar-refractivity contribution in [2.75, 3.05) is 25.0 Å². The molecular weight excluding hydrogens is 314 g/mol. The first-order valence-electron chi connectivity index (χ1n) is 8.07. The second-order valence-electron chi connectivity index (χ2n) is 6.52. The second-order valence-corrected chi connectivity index (χ2v) is 8.28. The Hall–Kier alpha value is -1.44. The second kappa shape index (κ2) is 6.59. The molecule has 2 aliphatic rings. The van der Waals surface area contributed by atoms with Crippen molar-refractivity contribution in [3.63, 3.8) is 0 Å². The van der Waals surface area contributed by atoms with E-state index in [-0.39, 0.29) is 16.7 Å². The van der Waals surface area contributed by atoms with Gasteiger partial charge in [0.2, 0.25) is 15.9 Å². The monoisotopic (exact) mass is 337 g/mol. The smallest absolute Gasteiger partial charge is 0.240 e. The lowest BCUT2D eigenvalue weighted by Crippen LogP contribution is -2.48. The highest BCUT2D eigenvalue weighted by Gasteiger charge is 2.28. The van der Waals surface area contributed by atoms with Crippen LogP contribution in [0.1, 0.15) is 19.8 Å². The summed E-state index contributed by atoms with van der Waals surface area (Å²) in [5.41, 5.74) is 0.621. The molecule has 3 N–H and O–H groups in total. The predicted octanol–water partition coefficient (Wildman–Crippen LogP) is 1.17. The van der Waals surface area contributed by atoms with Crippen molar-refractivity contribution >= 4 is 21.6 Å². The Morgan fingerprint density at radius 1 is 1.26 bits per heavy atom. The number of carbonyl (C=O) groups excluding carboxylic acids is 1. The van der Waals surface area contributed by atoms with Gasteiger partial charge in [-0.05, 0) is 62.0 Å². The summed E-state index contributed by atoms with van der Waals surface area (Å²) < 4.78 is 26.9. The maximum Gasteiger partial charge on any atom is 0.240 e. The van der Waals surface area contributed by atoms with E-state index < -0.39 is 10.0 Å². The molecule has 23 heavy (non-hydrogen) atoms. The summed E-state index contributed by atoms with van der Waals surface area (Å²) in [7, 11) is -3.46. The quantitative estimate of drug-likeness (QED) is 0.697. The predicted molar refractivity (Wildman–Crippen MR) is 88.5 cm³/mol. The number of anilines is 1. The van der Waals surface area contributed by atoms with Crippen LogP contribution in [-0.4, -0.2) is 34.0 Å². The van der Waals surface area contributed by atoms with Crippen LogP contribution in [0, 0.1) is 17.8 Å². The lowest BCUT2D eigenvalue weighted by molar-refractivity contribution is -0.121. The molecule has 6 nitrogen and oxygen atoms in total. The lowest BCUT2D eigenvalue weighted by Gasteiger charge is -2.31. The first kappa shape index (κ1) is 16.4. The van der Waals surface area contributed by atoms with E-state index in [1.165, 1.54) is 12.1 Å². The fourth-order valence-corrected chi connectivity index (χ4v) is 3.60. The Kier molecular flexibility index (Phi) is 4.70. The molecule has 3 rings (SSSR count). The molecule has 126 valence electrons. The zero-order valence-corrected chi connectivity index (χ0v) is 14.0. The van der Waals surface area contributed by atoms with E-state index in [1.54, 1.807) is 12.1 Å². The summed E-state index contributed by atoms with van der Waals surface area (Å²) in [4.78, 5) is 12.4. The zero-order valence-electron chi connectivity index (χ0n) is 13.2. The lowest BCUT2D eigenvalue weighted by atomic mass is 9.88. The minimum Gasteiger partial charge on any atom is -0.326 e. The van der Waals surface area contributed by atoms with Gasteiger partial charge in [-0.15, -0.1) is 0 Å². The largest absolute Gasteiger partial charge is 0.326 e. The Morgan fingerprint density at radius 2 is 1.91 bits per heavy atom. The van der Waals surface area contributed by atoms with Crippen molar-refractivity contribution in [2.24, 2.45) is 17.8 Å². The van der Waals surface area contributed by atoms with Crippen LogP contribution < -0.4 is 15.4 Å². The molecule has 0 bridgehead atoms. The molecule has 1 atom stereocenters. The van der Waals surface area contributed by atoms with Gasteiger partial charge in [0.15, 0.2) is 0 Å². The van der Waals surface area contributed by atoms with E-state index in [4.69, 9.17) is 0 Å². The Balaban J connectivity index is 1.58. The number of rotatable bonds is 7. The summed E-state index contributed by atoms with van der Waals surface area (Å²) in [5.74, 6) is 0.783. The fourth-order valence-electron chi connectivity index (χ4n) is 2.49. The topological polar surface area (TPSA) is 87.3 Å². The maximum atomic E-state index is 12.1. The van der Waals surface area contributed by atoms with Crippen LogP contribution in [-0.2, 0) is 14.8 Å². The first-order valence-corrected chi connectivity index (χ1v) is 9.55. The molecule has 0 spiro atoms. The highest BCUT2D eigenvalue weighted by Crippen LogP contribution is 2.28. The van der Waals surface area contributed by atoms with E-state index >= 15 is 0 Å². The molecule has 1 aromatic rings. The third kappa shape index (κ3) is 4.10. The van der Waals surface area contributed by atoms with Crippen molar-refractivity contribution in [1.29, 1.82) is 0 Å². The van der Waals surface area contributed by atoms with E-state index in [2.05, 4.69) is 15.4 Å². The van der Waals surface area contributed by atoms with Gasteiger partial charge in [-0.2, -0.15) is 0 Å². The van der Waals surface area contributed by atoms with Crippen LogP contribution in [0.5, 0.6) is 0 Å². The van der Waals surface area contributed by atoms with E-state index in [9.17, 15) is 13.2 Å². The highest BCUT2D eigenvalue weighted by atomic mass is 32.2. The van der Waals surface area contributed by atoms with Crippen molar-refractivity contribution in [3.8, 4) is 0 Å². The van der Waals surface area contributed by atoms with E-state index in [0.29, 0.717) is 24.1 Å². The third-order valence-electron chi connectivity index (χ3n) is 4.62. The number of nitrogens with one attached hydrogen (secondary N) is 3. The molecule has 1 saturated heterocycles. The number of carbonyl (C=O) groups is 1. The molecule has 7 heteroatoms. The van der Waals surface area contributed by atoms with E-state index in [1.807, 2.05) is 6.92 Å². The van der Waals surface area contributed by atoms with Crippen LogP contribution >= 0.6 is 0 Å². The van der Waals surface area contributed by atoms with Crippen molar-refractivity contribution < 1.29 is 13.2 Å². The molecule has 2 fully saturated rings. The molecule has 0 aromatic heterocycles. The molecule has 1 aliphatic heterocycles. The molecule has 1 aromatic carbocycles. The number of sulfonamides is 1. The van der Waals surface area contributed by atoms with Gasteiger partial charge in [-0.3, -0.25) is 4.79 Å².